The number of rotatable bonds is 4. The maximum atomic E-state index is 13.2. The number of ketones is 1. The number of fused-ring (bicyclic) bond motifs is 2. The van der Waals surface area contributed by atoms with Gasteiger partial charge < -0.3 is 10.1 Å². The van der Waals surface area contributed by atoms with Crippen LogP contribution in [0.2, 0.25) is 0 Å². The van der Waals surface area contributed by atoms with Gasteiger partial charge in [-0.1, -0.05) is 36.4 Å². The number of nitrogens with one attached hydrogen (secondary N) is 1. The second kappa shape index (κ2) is 6.54. The third kappa shape index (κ3) is 2.77. The molecule has 2 aromatic rings. The lowest BCUT2D eigenvalue weighted by Crippen LogP contribution is -2.46. The van der Waals surface area contributed by atoms with E-state index in [1.54, 1.807) is 24.3 Å². The predicted molar refractivity (Wildman–Crippen MR) is 98.6 cm³/mol. The number of hydrogen-bond acceptors (Lipinski definition) is 4. The van der Waals surface area contributed by atoms with E-state index in [-0.39, 0.29) is 18.2 Å². The fraction of sp³-hybridized carbons (Fsp3) is 0.286. The van der Waals surface area contributed by atoms with E-state index in [0.29, 0.717) is 17.7 Å². The first kappa shape index (κ1) is 17.3. The van der Waals surface area contributed by atoms with Crippen molar-refractivity contribution in [1.29, 1.82) is 0 Å². The number of hydrogen-bond donors (Lipinski definition) is 1. The fourth-order valence-corrected chi connectivity index (χ4v) is 3.99. The van der Waals surface area contributed by atoms with Gasteiger partial charge in [0.05, 0.1) is 13.7 Å². The molecule has 2 aliphatic rings. The molecule has 1 spiro atoms. The highest BCUT2D eigenvalue weighted by Crippen LogP contribution is 2.39. The zero-order chi connectivity index (χ0) is 19.0. The first-order chi connectivity index (χ1) is 13.0. The Morgan fingerprint density at radius 2 is 2.00 bits per heavy atom. The SMILES string of the molecule is COc1cccc(C(=O)CN2C(=O)N[C@]3(CCCc4ccccc43)C2=O)c1. The van der Waals surface area contributed by atoms with Crippen LogP contribution < -0.4 is 10.1 Å². The van der Waals surface area contributed by atoms with E-state index in [1.807, 2.05) is 24.3 Å². The average Bonchev–Trinajstić information content (AvgIpc) is 2.93. The van der Waals surface area contributed by atoms with Crippen molar-refractivity contribution in [3.63, 3.8) is 0 Å². The van der Waals surface area contributed by atoms with E-state index in [2.05, 4.69) is 5.32 Å². The number of carbonyl (C=O) groups is 3. The second-order valence-corrected chi connectivity index (χ2v) is 6.89. The van der Waals surface area contributed by atoms with Crippen molar-refractivity contribution < 1.29 is 19.1 Å². The number of amides is 3. The zero-order valence-corrected chi connectivity index (χ0v) is 15.0. The summed E-state index contributed by atoms with van der Waals surface area (Å²) in [5.41, 5.74) is 1.25. The molecule has 1 N–H and O–H groups in total. The number of imide groups is 1. The Hall–Kier alpha value is -3.15. The molecular weight excluding hydrogens is 344 g/mol. The summed E-state index contributed by atoms with van der Waals surface area (Å²) in [6.45, 7) is -0.290. The van der Waals surface area contributed by atoms with E-state index < -0.39 is 11.6 Å². The lowest BCUT2D eigenvalue weighted by molar-refractivity contribution is -0.131. The third-order valence-corrected chi connectivity index (χ3v) is 5.34. The molecule has 1 heterocycles. The third-order valence-electron chi connectivity index (χ3n) is 5.34. The highest BCUT2D eigenvalue weighted by atomic mass is 16.5. The van der Waals surface area contributed by atoms with Gasteiger partial charge in [0, 0.05) is 5.56 Å². The van der Waals surface area contributed by atoms with Crippen LogP contribution in [0.5, 0.6) is 5.75 Å². The average molecular weight is 364 g/mol. The minimum atomic E-state index is -1.05. The molecule has 1 aliphatic carbocycles. The van der Waals surface area contributed by atoms with Crippen molar-refractivity contribution in [2.75, 3.05) is 13.7 Å². The summed E-state index contributed by atoms with van der Waals surface area (Å²) in [5, 5.41) is 2.87. The van der Waals surface area contributed by atoms with Gasteiger partial charge in [-0.2, -0.15) is 0 Å². The van der Waals surface area contributed by atoms with Gasteiger partial charge in [-0.15, -0.1) is 0 Å². The molecule has 6 nitrogen and oxygen atoms in total. The summed E-state index contributed by atoms with van der Waals surface area (Å²) >= 11 is 0. The molecule has 138 valence electrons. The topological polar surface area (TPSA) is 75.7 Å². The van der Waals surface area contributed by atoms with Crippen LogP contribution in [0.4, 0.5) is 4.79 Å². The van der Waals surface area contributed by atoms with E-state index in [9.17, 15) is 14.4 Å². The minimum Gasteiger partial charge on any atom is -0.497 e. The molecule has 1 saturated heterocycles. The lowest BCUT2D eigenvalue weighted by Gasteiger charge is -2.33. The van der Waals surface area contributed by atoms with Gasteiger partial charge in [-0.05, 0) is 42.5 Å². The van der Waals surface area contributed by atoms with Crippen LogP contribution in [-0.4, -0.2) is 36.3 Å². The molecule has 3 amide bonds. The Morgan fingerprint density at radius 1 is 1.19 bits per heavy atom. The maximum absolute atomic E-state index is 13.2. The number of benzene rings is 2. The van der Waals surface area contributed by atoms with Crippen molar-refractivity contribution in [1.82, 2.24) is 10.2 Å². The van der Waals surface area contributed by atoms with Crippen molar-refractivity contribution in [3.05, 3.63) is 65.2 Å². The first-order valence-electron chi connectivity index (χ1n) is 8.95. The Morgan fingerprint density at radius 3 is 2.81 bits per heavy atom. The number of nitrogens with zero attached hydrogens (tertiary/aromatic N) is 1. The standard InChI is InChI=1S/C21H20N2O4/c1-27-16-9-4-7-15(12-16)18(24)13-23-19(25)21(22-20(23)26)11-5-8-14-6-2-3-10-17(14)21/h2-4,6-7,9-10,12H,5,8,11,13H2,1H3,(H,22,26)/t21-/m0/s1. The monoisotopic (exact) mass is 364 g/mol. The van der Waals surface area contributed by atoms with Gasteiger partial charge in [0.2, 0.25) is 0 Å². The Balaban J connectivity index is 1.62. The van der Waals surface area contributed by atoms with Gasteiger partial charge in [-0.3, -0.25) is 14.5 Å². The summed E-state index contributed by atoms with van der Waals surface area (Å²) in [4.78, 5) is 39.5. The molecule has 0 radical (unpaired) electrons. The molecule has 0 saturated carbocycles. The summed E-state index contributed by atoms with van der Waals surface area (Å²) in [5.74, 6) is -0.106. The molecule has 1 fully saturated rings. The lowest BCUT2D eigenvalue weighted by atomic mass is 9.76. The van der Waals surface area contributed by atoms with Gasteiger partial charge in [0.1, 0.15) is 11.3 Å². The molecule has 0 bridgehead atoms. The summed E-state index contributed by atoms with van der Waals surface area (Å²) < 4.78 is 5.13. The van der Waals surface area contributed by atoms with Gasteiger partial charge >= 0.3 is 6.03 Å². The molecule has 0 aromatic heterocycles. The number of ether oxygens (including phenoxy) is 1. The van der Waals surface area contributed by atoms with E-state index in [1.165, 1.54) is 7.11 Å². The number of methoxy groups -OCH3 is 1. The Kier molecular flexibility index (Phi) is 4.18. The van der Waals surface area contributed by atoms with Crippen LogP contribution in [0, 0.1) is 0 Å². The molecule has 2 aromatic carbocycles. The molecule has 1 aliphatic heterocycles. The largest absolute Gasteiger partial charge is 0.497 e. The van der Waals surface area contributed by atoms with E-state index in [4.69, 9.17) is 4.74 Å². The summed E-state index contributed by atoms with van der Waals surface area (Å²) in [6, 6.07) is 13.8. The molecule has 0 unspecified atom stereocenters. The highest BCUT2D eigenvalue weighted by Gasteiger charge is 2.54. The highest BCUT2D eigenvalue weighted by molar-refractivity contribution is 6.11. The van der Waals surface area contributed by atoms with Crippen LogP contribution in [-0.2, 0) is 16.8 Å². The number of aryl methyl sites for hydroxylation is 1. The van der Waals surface area contributed by atoms with Crippen LogP contribution >= 0.6 is 0 Å². The van der Waals surface area contributed by atoms with Gasteiger partial charge in [0.25, 0.3) is 5.91 Å². The summed E-state index contributed by atoms with van der Waals surface area (Å²) in [6.07, 6.45) is 2.23. The van der Waals surface area contributed by atoms with Crippen LogP contribution in [0.1, 0.15) is 34.3 Å². The maximum Gasteiger partial charge on any atom is 0.325 e. The predicted octanol–water partition coefficient (Wildman–Crippen LogP) is 2.66. The van der Waals surface area contributed by atoms with Crippen LogP contribution in [0.3, 0.4) is 0 Å². The quantitative estimate of drug-likeness (QED) is 0.668. The van der Waals surface area contributed by atoms with Crippen molar-refractivity contribution in [2.24, 2.45) is 0 Å². The fourth-order valence-electron chi connectivity index (χ4n) is 3.99. The second-order valence-electron chi connectivity index (χ2n) is 6.89. The Labute approximate surface area is 157 Å². The molecule has 6 heteroatoms. The molecule has 4 rings (SSSR count). The molecule has 27 heavy (non-hydrogen) atoms. The Bertz CT molecular complexity index is 939. The molecule has 1 atom stereocenters. The van der Waals surface area contributed by atoms with Crippen molar-refractivity contribution >= 4 is 17.7 Å². The number of carbonyl (C=O) groups excluding carboxylic acids is 3. The summed E-state index contributed by atoms with van der Waals surface area (Å²) in [7, 11) is 1.52. The first-order valence-corrected chi connectivity index (χ1v) is 8.95. The van der Waals surface area contributed by atoms with E-state index in [0.717, 1.165) is 28.9 Å². The number of Topliss-reactive ketones (excluding diaryl/α,β-unsaturated/α-hetero) is 1. The van der Waals surface area contributed by atoms with Crippen LogP contribution in [0.15, 0.2) is 48.5 Å². The smallest absolute Gasteiger partial charge is 0.325 e. The number of urea groups is 1. The van der Waals surface area contributed by atoms with Gasteiger partial charge in [0.15, 0.2) is 5.78 Å². The van der Waals surface area contributed by atoms with Crippen molar-refractivity contribution in [2.45, 2.75) is 24.8 Å². The van der Waals surface area contributed by atoms with Gasteiger partial charge in [-0.25, -0.2) is 4.79 Å². The zero-order valence-electron chi connectivity index (χ0n) is 15.0. The molecular formula is C21H20N2O4. The normalized spacial score (nSPS) is 21.1. The van der Waals surface area contributed by atoms with E-state index >= 15 is 0 Å². The van der Waals surface area contributed by atoms with Crippen LogP contribution in [0.25, 0.3) is 0 Å². The minimum absolute atomic E-state index is 0.290. The van der Waals surface area contributed by atoms with Crippen molar-refractivity contribution in [3.8, 4) is 5.75 Å².